The molecule has 1 heterocycles. The van der Waals surface area contributed by atoms with Gasteiger partial charge >= 0.3 is 5.97 Å². The van der Waals surface area contributed by atoms with Gasteiger partial charge in [0.1, 0.15) is 11.6 Å². The summed E-state index contributed by atoms with van der Waals surface area (Å²) in [7, 11) is 0. The summed E-state index contributed by atoms with van der Waals surface area (Å²) in [6, 6.07) is 7.78. The number of carboxylic acids is 1. The first kappa shape index (κ1) is 14.7. The second-order valence-electron chi connectivity index (χ2n) is 4.31. The molecule has 5 heteroatoms. The number of aromatic nitrogens is 1. The van der Waals surface area contributed by atoms with E-state index in [0.717, 1.165) is 11.6 Å². The number of carbonyl (C=O) groups is 1. The highest BCUT2D eigenvalue weighted by atomic mass is 19.1. The summed E-state index contributed by atoms with van der Waals surface area (Å²) in [4.78, 5) is 14.5. The van der Waals surface area contributed by atoms with Gasteiger partial charge in [-0.05, 0) is 42.0 Å². The number of carboxylic acid groups (broad SMARTS) is 1. The van der Waals surface area contributed by atoms with Crippen molar-refractivity contribution in [3.63, 3.8) is 0 Å². The van der Waals surface area contributed by atoms with E-state index in [9.17, 15) is 9.18 Å². The van der Waals surface area contributed by atoms with Crippen molar-refractivity contribution in [3.05, 3.63) is 65.7 Å². The lowest BCUT2D eigenvalue weighted by atomic mass is 10.1. The molecular weight excluding hydrogens is 273 g/mol. The van der Waals surface area contributed by atoms with Crippen LogP contribution in [0.5, 0.6) is 5.75 Å². The molecule has 1 aromatic heterocycles. The Balaban J connectivity index is 2.03. The van der Waals surface area contributed by atoms with E-state index in [-0.39, 0.29) is 0 Å². The maximum atomic E-state index is 13.2. The zero-order valence-corrected chi connectivity index (χ0v) is 11.2. The van der Waals surface area contributed by atoms with Gasteiger partial charge in [0, 0.05) is 30.5 Å². The van der Waals surface area contributed by atoms with E-state index in [0.29, 0.717) is 24.3 Å². The largest absolute Gasteiger partial charge is 0.493 e. The molecule has 4 nitrogen and oxygen atoms in total. The fourth-order valence-electron chi connectivity index (χ4n) is 1.77. The Morgan fingerprint density at radius 3 is 2.76 bits per heavy atom. The molecule has 0 aliphatic rings. The molecule has 0 aliphatic heterocycles. The second-order valence-corrected chi connectivity index (χ2v) is 4.31. The Morgan fingerprint density at radius 1 is 1.29 bits per heavy atom. The van der Waals surface area contributed by atoms with E-state index >= 15 is 0 Å². The molecule has 1 aromatic carbocycles. The van der Waals surface area contributed by atoms with Gasteiger partial charge < -0.3 is 9.84 Å². The average Bonchev–Trinajstić information content (AvgIpc) is 2.48. The zero-order chi connectivity index (χ0) is 15.1. The van der Waals surface area contributed by atoms with Crippen LogP contribution < -0.4 is 4.74 Å². The predicted molar refractivity (Wildman–Crippen MR) is 76.5 cm³/mol. The summed E-state index contributed by atoms with van der Waals surface area (Å²) in [6.07, 6.45) is 6.35. The van der Waals surface area contributed by atoms with Crippen molar-refractivity contribution in [1.82, 2.24) is 4.98 Å². The van der Waals surface area contributed by atoms with Gasteiger partial charge in [0.2, 0.25) is 0 Å². The van der Waals surface area contributed by atoms with Crippen LogP contribution in [0.4, 0.5) is 4.39 Å². The van der Waals surface area contributed by atoms with Crippen molar-refractivity contribution in [3.8, 4) is 5.75 Å². The smallest absolute Gasteiger partial charge is 0.328 e. The van der Waals surface area contributed by atoms with Gasteiger partial charge in [-0.1, -0.05) is 0 Å². The number of halogens is 1. The Hall–Kier alpha value is -2.69. The molecule has 0 atom stereocenters. The minimum absolute atomic E-state index is 0.395. The van der Waals surface area contributed by atoms with Crippen molar-refractivity contribution in [2.45, 2.75) is 6.42 Å². The molecule has 0 spiro atoms. The number of benzene rings is 1. The van der Waals surface area contributed by atoms with Crippen LogP contribution in [0.2, 0.25) is 0 Å². The third-order valence-electron chi connectivity index (χ3n) is 2.77. The molecule has 2 rings (SSSR count). The summed E-state index contributed by atoms with van der Waals surface area (Å²) in [6.45, 7) is 0.406. The lowest BCUT2D eigenvalue weighted by molar-refractivity contribution is -0.131. The van der Waals surface area contributed by atoms with E-state index in [1.54, 1.807) is 12.4 Å². The standard InChI is InChI=1S/C16H14FNO3/c17-14-2-3-15(13(11-14)1-4-16(19)20)21-10-7-12-5-8-18-9-6-12/h1-6,8-9,11H,7,10H2,(H,19,20)/b4-1+. The van der Waals surface area contributed by atoms with Crippen molar-refractivity contribution in [1.29, 1.82) is 0 Å². The van der Waals surface area contributed by atoms with Gasteiger partial charge in [0.05, 0.1) is 6.61 Å². The minimum atomic E-state index is -1.10. The number of aliphatic carboxylic acids is 1. The van der Waals surface area contributed by atoms with Crippen molar-refractivity contribution < 1.29 is 19.0 Å². The van der Waals surface area contributed by atoms with Gasteiger partial charge in [0.25, 0.3) is 0 Å². The first-order chi connectivity index (χ1) is 10.1. The third-order valence-corrected chi connectivity index (χ3v) is 2.77. The number of rotatable bonds is 6. The predicted octanol–water partition coefficient (Wildman–Crippen LogP) is 2.94. The molecular formula is C16H14FNO3. The molecule has 21 heavy (non-hydrogen) atoms. The fraction of sp³-hybridized carbons (Fsp3) is 0.125. The maximum absolute atomic E-state index is 13.2. The molecule has 0 radical (unpaired) electrons. The van der Waals surface area contributed by atoms with Crippen LogP contribution in [-0.4, -0.2) is 22.7 Å². The molecule has 0 saturated heterocycles. The Morgan fingerprint density at radius 2 is 2.05 bits per heavy atom. The summed E-state index contributed by atoms with van der Waals surface area (Å²) in [5.74, 6) is -1.09. The fourth-order valence-corrected chi connectivity index (χ4v) is 1.77. The quantitative estimate of drug-likeness (QED) is 0.830. The van der Waals surface area contributed by atoms with E-state index in [2.05, 4.69) is 4.98 Å². The van der Waals surface area contributed by atoms with Crippen LogP contribution >= 0.6 is 0 Å². The highest BCUT2D eigenvalue weighted by molar-refractivity contribution is 5.85. The number of ether oxygens (including phenoxy) is 1. The van der Waals surface area contributed by atoms with Crippen LogP contribution in [0.15, 0.2) is 48.8 Å². The van der Waals surface area contributed by atoms with E-state index in [4.69, 9.17) is 9.84 Å². The molecule has 0 aliphatic carbocycles. The monoisotopic (exact) mass is 287 g/mol. The topological polar surface area (TPSA) is 59.4 Å². The molecule has 0 unspecified atom stereocenters. The Labute approximate surface area is 121 Å². The van der Waals surface area contributed by atoms with Crippen LogP contribution in [0.25, 0.3) is 6.08 Å². The van der Waals surface area contributed by atoms with Gasteiger partial charge in [-0.15, -0.1) is 0 Å². The van der Waals surface area contributed by atoms with E-state index < -0.39 is 11.8 Å². The SMILES string of the molecule is O=C(O)/C=C/c1cc(F)ccc1OCCc1ccncc1. The number of hydrogen-bond donors (Lipinski definition) is 1. The molecule has 108 valence electrons. The Bertz CT molecular complexity index is 641. The maximum Gasteiger partial charge on any atom is 0.328 e. The third kappa shape index (κ3) is 4.72. The second kappa shape index (κ2) is 7.19. The van der Waals surface area contributed by atoms with Gasteiger partial charge in [-0.25, -0.2) is 9.18 Å². The molecule has 1 N–H and O–H groups in total. The Kier molecular flexibility index (Phi) is 5.04. The number of hydrogen-bond acceptors (Lipinski definition) is 3. The first-order valence-corrected chi connectivity index (χ1v) is 6.37. The molecule has 2 aromatic rings. The van der Waals surface area contributed by atoms with Gasteiger partial charge in [0.15, 0.2) is 0 Å². The lowest BCUT2D eigenvalue weighted by Gasteiger charge is -2.09. The first-order valence-electron chi connectivity index (χ1n) is 6.37. The summed E-state index contributed by atoms with van der Waals surface area (Å²) in [5.41, 5.74) is 1.47. The summed E-state index contributed by atoms with van der Waals surface area (Å²) >= 11 is 0. The van der Waals surface area contributed by atoms with Crippen LogP contribution in [0, 0.1) is 5.82 Å². The van der Waals surface area contributed by atoms with Crippen LogP contribution in [0.3, 0.4) is 0 Å². The number of nitrogens with zero attached hydrogens (tertiary/aromatic N) is 1. The lowest BCUT2D eigenvalue weighted by Crippen LogP contribution is -2.03. The summed E-state index contributed by atoms with van der Waals surface area (Å²) in [5, 5.41) is 8.63. The molecule has 0 amide bonds. The highest BCUT2D eigenvalue weighted by Crippen LogP contribution is 2.21. The van der Waals surface area contributed by atoms with Crippen LogP contribution in [0.1, 0.15) is 11.1 Å². The van der Waals surface area contributed by atoms with Gasteiger partial charge in [-0.2, -0.15) is 0 Å². The molecule has 0 saturated carbocycles. The van der Waals surface area contributed by atoms with E-state index in [1.165, 1.54) is 24.3 Å². The normalized spacial score (nSPS) is 10.7. The van der Waals surface area contributed by atoms with Crippen molar-refractivity contribution in [2.24, 2.45) is 0 Å². The average molecular weight is 287 g/mol. The van der Waals surface area contributed by atoms with Crippen molar-refractivity contribution >= 4 is 12.0 Å². The van der Waals surface area contributed by atoms with Gasteiger partial charge in [-0.3, -0.25) is 4.98 Å². The minimum Gasteiger partial charge on any atom is -0.493 e. The number of pyridine rings is 1. The summed E-state index contributed by atoms with van der Waals surface area (Å²) < 4.78 is 18.8. The molecule has 0 bridgehead atoms. The molecule has 0 fully saturated rings. The van der Waals surface area contributed by atoms with Crippen LogP contribution in [-0.2, 0) is 11.2 Å². The highest BCUT2D eigenvalue weighted by Gasteiger charge is 2.04. The van der Waals surface area contributed by atoms with Crippen molar-refractivity contribution in [2.75, 3.05) is 6.61 Å². The van der Waals surface area contributed by atoms with E-state index in [1.807, 2.05) is 12.1 Å². The zero-order valence-electron chi connectivity index (χ0n) is 11.2.